The molecule has 0 aromatic heterocycles. The van der Waals surface area contributed by atoms with Crippen molar-refractivity contribution in [3.05, 3.63) is 81.1 Å². The van der Waals surface area contributed by atoms with Crippen LogP contribution < -0.4 is 10.6 Å². The number of carbonyl (C=O) groups excluding carboxylic acids is 1. The molecule has 0 saturated carbocycles. The number of allylic oxidation sites excluding steroid dienone is 4. The van der Waals surface area contributed by atoms with Crippen LogP contribution in [-0.4, -0.2) is 12.8 Å². The van der Waals surface area contributed by atoms with Crippen molar-refractivity contribution < 1.29 is 9.18 Å². The highest BCUT2D eigenvalue weighted by atomic mass is 19.1. The summed E-state index contributed by atoms with van der Waals surface area (Å²) in [5.74, 6) is 1.23. The van der Waals surface area contributed by atoms with Crippen LogP contribution in [-0.2, 0) is 4.79 Å². The van der Waals surface area contributed by atoms with Crippen LogP contribution in [0.4, 0.5) is 4.39 Å². The van der Waals surface area contributed by atoms with E-state index in [4.69, 9.17) is 5.26 Å². The van der Waals surface area contributed by atoms with Crippen molar-refractivity contribution in [3.63, 3.8) is 0 Å². The molecule has 0 bridgehead atoms. The Hall–Kier alpha value is -3.32. The van der Waals surface area contributed by atoms with E-state index in [9.17, 15) is 9.18 Å². The topological polar surface area (TPSA) is 53.2 Å². The molecule has 260 valence electrons. The fourth-order valence-corrected chi connectivity index (χ4v) is 4.21. The molecule has 0 radical (unpaired) electrons. The zero-order chi connectivity index (χ0) is 35.4. The maximum absolute atomic E-state index is 14.2. The molecule has 1 heterocycles. The van der Waals surface area contributed by atoms with Gasteiger partial charge >= 0.3 is 0 Å². The molecule has 0 fully saturated rings. The van der Waals surface area contributed by atoms with Gasteiger partial charge < -0.3 is 0 Å². The van der Waals surface area contributed by atoms with Gasteiger partial charge in [-0.3, -0.25) is 9.79 Å². The number of fused-ring (bicyclic) bond motifs is 1. The molecule has 2 aromatic carbocycles. The Kier molecular flexibility index (Phi) is 34.1. The van der Waals surface area contributed by atoms with Gasteiger partial charge in [-0.15, -0.1) is 0 Å². The molecule has 4 heteroatoms. The summed E-state index contributed by atoms with van der Waals surface area (Å²) >= 11 is 0. The number of carbonyl (C=O) groups is 1. The standard InChI is InChI=1S/C23H19FN2O.C8H18.C4H10.3C2H6.CH4/c1-3-16(14-27)10-21(18-4-5-20(13-25)22(24)12-18)15(2)17-6-7-23-19(11-17)8-9-26-23;1-4-6-8(3)7-5-2;1-4(2)3;3*1-2;/h4-8,10-12,14H,3,9H2,1-2H3;8H,4-7H2,1-3H3;4H,1-3H3;3*1-2H3;1H4/b16-10+,21-15-;;;;;;. The summed E-state index contributed by atoms with van der Waals surface area (Å²) in [6, 6.07) is 12.4. The van der Waals surface area contributed by atoms with Crippen molar-refractivity contribution in [2.24, 2.45) is 16.8 Å². The molecule has 0 saturated heterocycles. The number of halogens is 1. The first-order valence-corrected chi connectivity index (χ1v) is 17.3. The number of benzene rings is 2. The number of nitrogens with zero attached hydrogens (tertiary/aromatic N) is 2. The van der Waals surface area contributed by atoms with Crippen LogP contribution in [0.5, 0.6) is 0 Å². The highest BCUT2D eigenvalue weighted by Gasteiger charge is 2.11. The molecule has 0 amide bonds. The minimum Gasteiger partial charge on any atom is -0.298 e. The molecule has 46 heavy (non-hydrogen) atoms. The van der Waals surface area contributed by atoms with Crippen LogP contribution in [0.2, 0.25) is 0 Å². The normalized spacial score (nSPS) is 11.1. The van der Waals surface area contributed by atoms with Gasteiger partial charge in [-0.2, -0.15) is 5.26 Å². The van der Waals surface area contributed by atoms with Crippen molar-refractivity contribution in [3.8, 4) is 6.07 Å². The average molecular weight is 637 g/mol. The highest BCUT2D eigenvalue weighted by molar-refractivity contribution is 5.97. The summed E-state index contributed by atoms with van der Waals surface area (Å²) in [4.78, 5) is 15.8. The van der Waals surface area contributed by atoms with E-state index in [1.165, 1.54) is 37.8 Å². The number of hydrogen-bond acceptors (Lipinski definition) is 3. The van der Waals surface area contributed by atoms with Crippen LogP contribution in [0.15, 0.2) is 53.0 Å². The number of aldehydes is 1. The molecule has 0 unspecified atom stereocenters. The fraction of sp³-hybridized carbons (Fsp3) is 0.548. The molecule has 2 aromatic rings. The lowest BCUT2D eigenvalue weighted by Gasteiger charge is -2.12. The van der Waals surface area contributed by atoms with Gasteiger partial charge in [0.25, 0.3) is 0 Å². The summed E-state index contributed by atoms with van der Waals surface area (Å²) in [6.07, 6.45) is 10.8. The van der Waals surface area contributed by atoms with Crippen LogP contribution >= 0.6 is 0 Å². The zero-order valence-electron chi connectivity index (χ0n) is 31.3. The molecule has 0 N–H and O–H groups in total. The minimum atomic E-state index is -0.570. The van der Waals surface area contributed by atoms with Crippen molar-refractivity contribution in [1.82, 2.24) is 0 Å². The van der Waals surface area contributed by atoms with Gasteiger partial charge in [-0.05, 0) is 88.6 Å². The van der Waals surface area contributed by atoms with Gasteiger partial charge in [-0.1, -0.05) is 141 Å². The SMILES string of the molecule is C.CC.CC.CC.CC(C)C.CC/C(C=O)=C\C(=C(/C)c1ccc2c(c1)=CCN=2)c1ccc(C#N)c(F)c1.CCCC(C)CCC. The van der Waals surface area contributed by atoms with Crippen LogP contribution in [0.1, 0.15) is 153 Å². The zero-order valence-corrected chi connectivity index (χ0v) is 31.3. The molecule has 3 rings (SSSR count). The minimum absolute atomic E-state index is 0. The summed E-state index contributed by atoms with van der Waals surface area (Å²) in [6.45, 7) is 29.9. The van der Waals surface area contributed by atoms with Crippen molar-refractivity contribution in [1.29, 1.82) is 5.26 Å². The van der Waals surface area contributed by atoms with Crippen molar-refractivity contribution in [2.75, 3.05) is 6.54 Å². The summed E-state index contributed by atoms with van der Waals surface area (Å²) in [7, 11) is 0. The highest BCUT2D eigenvalue weighted by Crippen LogP contribution is 2.29. The van der Waals surface area contributed by atoms with E-state index >= 15 is 0 Å². The third-order valence-corrected chi connectivity index (χ3v) is 6.29. The average Bonchev–Trinajstić information content (AvgIpc) is 3.53. The number of rotatable bonds is 9. The largest absolute Gasteiger partial charge is 0.298 e. The van der Waals surface area contributed by atoms with E-state index in [2.05, 4.69) is 58.7 Å². The second-order valence-corrected chi connectivity index (χ2v) is 10.8. The Balaban J connectivity index is -0.000000389. The predicted octanol–water partition coefficient (Wildman–Crippen LogP) is 12.2. The Morgan fingerprint density at radius 2 is 1.43 bits per heavy atom. The third-order valence-electron chi connectivity index (χ3n) is 6.29. The lowest BCUT2D eigenvalue weighted by Crippen LogP contribution is -2.21. The van der Waals surface area contributed by atoms with Crippen LogP contribution in [0.3, 0.4) is 0 Å². The maximum atomic E-state index is 14.2. The molecular formula is C42H69FN2O. The smallest absolute Gasteiger partial charge is 0.146 e. The van der Waals surface area contributed by atoms with Gasteiger partial charge in [0.2, 0.25) is 0 Å². The lowest BCUT2D eigenvalue weighted by molar-refractivity contribution is -0.105. The molecule has 3 nitrogen and oxygen atoms in total. The quantitative estimate of drug-likeness (QED) is 0.119. The summed E-state index contributed by atoms with van der Waals surface area (Å²) in [5.41, 5.74) is 3.93. The fourth-order valence-electron chi connectivity index (χ4n) is 4.21. The summed E-state index contributed by atoms with van der Waals surface area (Å²) < 4.78 is 14.2. The van der Waals surface area contributed by atoms with E-state index in [0.717, 1.165) is 45.4 Å². The Bertz CT molecular complexity index is 1290. The summed E-state index contributed by atoms with van der Waals surface area (Å²) in [5, 5.41) is 11.0. The monoisotopic (exact) mass is 637 g/mol. The van der Waals surface area contributed by atoms with E-state index in [1.807, 2.05) is 73.6 Å². The molecular weight excluding hydrogens is 567 g/mol. The van der Waals surface area contributed by atoms with Crippen LogP contribution in [0.25, 0.3) is 17.2 Å². The van der Waals surface area contributed by atoms with E-state index in [0.29, 0.717) is 24.1 Å². The molecule has 1 aliphatic heterocycles. The lowest BCUT2D eigenvalue weighted by atomic mass is 9.92. The first-order valence-electron chi connectivity index (χ1n) is 17.3. The Morgan fingerprint density at radius 3 is 1.87 bits per heavy atom. The number of nitriles is 1. The second-order valence-electron chi connectivity index (χ2n) is 10.8. The van der Waals surface area contributed by atoms with Crippen molar-refractivity contribution in [2.45, 2.75) is 136 Å². The predicted molar refractivity (Wildman–Crippen MR) is 205 cm³/mol. The van der Waals surface area contributed by atoms with E-state index in [-0.39, 0.29) is 13.0 Å². The Labute approximate surface area is 284 Å². The van der Waals surface area contributed by atoms with Gasteiger partial charge in [-0.25, -0.2) is 4.39 Å². The second kappa shape index (κ2) is 31.7. The van der Waals surface area contributed by atoms with E-state index < -0.39 is 5.82 Å². The van der Waals surface area contributed by atoms with Gasteiger partial charge in [0.1, 0.15) is 18.2 Å². The molecule has 0 aliphatic carbocycles. The first kappa shape index (κ1) is 49.6. The Morgan fingerprint density at radius 1 is 0.913 bits per heavy atom. The molecule has 0 spiro atoms. The van der Waals surface area contributed by atoms with Crippen molar-refractivity contribution >= 4 is 23.5 Å². The molecule has 1 aliphatic rings. The van der Waals surface area contributed by atoms with Gasteiger partial charge in [0.15, 0.2) is 0 Å². The maximum Gasteiger partial charge on any atom is 0.146 e. The van der Waals surface area contributed by atoms with Gasteiger partial charge in [0, 0.05) is 0 Å². The molecule has 0 atom stereocenters. The number of hydrogen-bond donors (Lipinski definition) is 0. The van der Waals surface area contributed by atoms with Crippen LogP contribution in [0, 0.1) is 29.0 Å². The van der Waals surface area contributed by atoms with Gasteiger partial charge in [0.05, 0.1) is 17.5 Å². The van der Waals surface area contributed by atoms with E-state index in [1.54, 1.807) is 12.1 Å². The third kappa shape index (κ3) is 19.9. The first-order chi connectivity index (χ1) is 21.6.